The molecule has 0 radical (unpaired) electrons. The Morgan fingerprint density at radius 2 is 2.19 bits per heavy atom. The van der Waals surface area contributed by atoms with Crippen LogP contribution in [0.5, 0.6) is 0 Å². The van der Waals surface area contributed by atoms with Crippen molar-refractivity contribution in [3.8, 4) is 0 Å². The summed E-state index contributed by atoms with van der Waals surface area (Å²) in [7, 11) is 1.94. The van der Waals surface area contributed by atoms with Crippen LogP contribution in [0.15, 0.2) is 6.20 Å². The van der Waals surface area contributed by atoms with E-state index in [0.717, 1.165) is 31.4 Å². The molecule has 1 saturated carbocycles. The van der Waals surface area contributed by atoms with Gasteiger partial charge in [-0.25, -0.2) is 0 Å². The first kappa shape index (κ1) is 11.6. The first-order valence-corrected chi connectivity index (χ1v) is 5.96. The highest BCUT2D eigenvalue weighted by Gasteiger charge is 2.37. The van der Waals surface area contributed by atoms with Gasteiger partial charge in [0.05, 0.1) is 11.8 Å². The fraction of sp³-hybridized carbons (Fsp3) is 0.750. The van der Waals surface area contributed by atoms with Crippen LogP contribution in [0, 0.1) is 6.92 Å². The van der Waals surface area contributed by atoms with E-state index in [9.17, 15) is 5.11 Å². The summed E-state index contributed by atoms with van der Waals surface area (Å²) >= 11 is 0. The summed E-state index contributed by atoms with van der Waals surface area (Å²) in [5.41, 5.74) is 8.36. The molecule has 1 aromatic heterocycles. The monoisotopic (exact) mass is 223 g/mol. The minimum atomic E-state index is -0.142. The number of aliphatic hydroxyl groups is 1. The quantitative estimate of drug-likeness (QED) is 0.781. The van der Waals surface area contributed by atoms with E-state index in [-0.39, 0.29) is 11.5 Å². The molecule has 0 unspecified atom stereocenters. The Morgan fingerprint density at radius 1 is 1.56 bits per heavy atom. The van der Waals surface area contributed by atoms with Crippen molar-refractivity contribution >= 4 is 0 Å². The van der Waals surface area contributed by atoms with E-state index in [1.165, 1.54) is 5.56 Å². The number of nitrogens with two attached hydrogens (primary N) is 1. The van der Waals surface area contributed by atoms with Gasteiger partial charge in [0, 0.05) is 30.8 Å². The molecule has 1 aliphatic carbocycles. The van der Waals surface area contributed by atoms with Crippen molar-refractivity contribution in [3.05, 3.63) is 17.5 Å². The van der Waals surface area contributed by atoms with Gasteiger partial charge in [-0.1, -0.05) is 0 Å². The molecule has 0 aliphatic heterocycles. The van der Waals surface area contributed by atoms with Crippen LogP contribution in [0.3, 0.4) is 0 Å². The largest absolute Gasteiger partial charge is 0.393 e. The van der Waals surface area contributed by atoms with Crippen LogP contribution >= 0.6 is 0 Å². The van der Waals surface area contributed by atoms with Gasteiger partial charge in [-0.15, -0.1) is 0 Å². The predicted octanol–water partition coefficient (Wildman–Crippen LogP) is 0.860. The molecular formula is C12H21N3O. The lowest BCUT2D eigenvalue weighted by Crippen LogP contribution is -2.40. The molecule has 0 spiro atoms. The van der Waals surface area contributed by atoms with Crippen LogP contribution in [-0.2, 0) is 12.5 Å². The van der Waals surface area contributed by atoms with Gasteiger partial charge < -0.3 is 10.8 Å². The fourth-order valence-electron chi connectivity index (χ4n) is 2.86. The van der Waals surface area contributed by atoms with Gasteiger partial charge >= 0.3 is 0 Å². The van der Waals surface area contributed by atoms with Crippen LogP contribution in [0.4, 0.5) is 0 Å². The first-order valence-electron chi connectivity index (χ1n) is 5.96. The SMILES string of the molecule is Cc1nn(C)cc1C1(CN)CCC(O)CC1. The van der Waals surface area contributed by atoms with Gasteiger partial charge in [0.2, 0.25) is 0 Å². The Labute approximate surface area is 96.5 Å². The van der Waals surface area contributed by atoms with Crippen molar-refractivity contribution in [1.29, 1.82) is 0 Å². The number of aromatic nitrogens is 2. The van der Waals surface area contributed by atoms with Crippen molar-refractivity contribution in [3.63, 3.8) is 0 Å². The molecule has 4 heteroatoms. The van der Waals surface area contributed by atoms with E-state index < -0.39 is 0 Å². The third-order valence-corrected chi connectivity index (χ3v) is 3.89. The second kappa shape index (κ2) is 4.18. The van der Waals surface area contributed by atoms with Crippen LogP contribution in [0.2, 0.25) is 0 Å². The lowest BCUT2D eigenvalue weighted by Gasteiger charge is -2.38. The van der Waals surface area contributed by atoms with Crippen molar-refractivity contribution in [2.45, 2.75) is 44.1 Å². The maximum absolute atomic E-state index is 9.60. The smallest absolute Gasteiger partial charge is 0.0631 e. The average molecular weight is 223 g/mol. The van der Waals surface area contributed by atoms with Crippen molar-refractivity contribution in [2.24, 2.45) is 12.8 Å². The number of rotatable bonds is 2. The minimum absolute atomic E-state index is 0.0393. The molecule has 0 amide bonds. The zero-order chi connectivity index (χ0) is 11.8. The summed E-state index contributed by atoms with van der Waals surface area (Å²) in [5, 5.41) is 14.0. The van der Waals surface area contributed by atoms with Crippen LogP contribution in [-0.4, -0.2) is 27.5 Å². The van der Waals surface area contributed by atoms with Crippen LogP contribution < -0.4 is 5.73 Å². The van der Waals surface area contributed by atoms with E-state index in [2.05, 4.69) is 11.3 Å². The third kappa shape index (κ3) is 1.87. The number of hydrogen-bond acceptors (Lipinski definition) is 3. The van der Waals surface area contributed by atoms with Gasteiger partial charge in [-0.2, -0.15) is 5.10 Å². The molecule has 0 atom stereocenters. The molecule has 0 aromatic carbocycles. The summed E-state index contributed by atoms with van der Waals surface area (Å²) in [6.45, 7) is 2.68. The Balaban J connectivity index is 2.31. The van der Waals surface area contributed by atoms with Crippen LogP contribution in [0.1, 0.15) is 36.9 Å². The molecule has 1 heterocycles. The molecule has 1 fully saturated rings. The van der Waals surface area contributed by atoms with Gasteiger partial charge in [-0.3, -0.25) is 4.68 Å². The van der Waals surface area contributed by atoms with Crippen molar-refractivity contribution in [1.82, 2.24) is 9.78 Å². The zero-order valence-corrected chi connectivity index (χ0v) is 10.1. The number of aryl methyl sites for hydroxylation is 2. The third-order valence-electron chi connectivity index (χ3n) is 3.89. The molecule has 2 rings (SSSR count). The lowest BCUT2D eigenvalue weighted by molar-refractivity contribution is 0.0972. The zero-order valence-electron chi connectivity index (χ0n) is 10.1. The Morgan fingerprint density at radius 3 is 2.62 bits per heavy atom. The van der Waals surface area contributed by atoms with Gasteiger partial charge in [-0.05, 0) is 32.6 Å². The molecule has 3 N–H and O–H groups in total. The fourth-order valence-corrected chi connectivity index (χ4v) is 2.86. The summed E-state index contributed by atoms with van der Waals surface area (Å²) in [6, 6.07) is 0. The topological polar surface area (TPSA) is 64.1 Å². The number of hydrogen-bond donors (Lipinski definition) is 2. The Kier molecular flexibility index (Phi) is 3.04. The summed E-state index contributed by atoms with van der Waals surface area (Å²) in [6.07, 6.45) is 5.59. The number of nitrogens with zero attached hydrogens (tertiary/aromatic N) is 2. The van der Waals surface area contributed by atoms with Gasteiger partial charge in [0.25, 0.3) is 0 Å². The highest BCUT2D eigenvalue weighted by molar-refractivity contribution is 5.28. The maximum Gasteiger partial charge on any atom is 0.0631 e. The molecule has 1 aliphatic rings. The maximum atomic E-state index is 9.60. The minimum Gasteiger partial charge on any atom is -0.393 e. The highest BCUT2D eigenvalue weighted by Crippen LogP contribution is 2.39. The second-order valence-corrected chi connectivity index (χ2v) is 5.02. The van der Waals surface area contributed by atoms with Crippen molar-refractivity contribution < 1.29 is 5.11 Å². The van der Waals surface area contributed by atoms with E-state index in [0.29, 0.717) is 6.54 Å². The average Bonchev–Trinajstić information content (AvgIpc) is 2.60. The normalized spacial score (nSPS) is 30.6. The summed E-state index contributed by atoms with van der Waals surface area (Å²) in [5.74, 6) is 0. The second-order valence-electron chi connectivity index (χ2n) is 5.02. The molecule has 0 bridgehead atoms. The van der Waals surface area contributed by atoms with E-state index in [1.807, 2.05) is 18.7 Å². The lowest BCUT2D eigenvalue weighted by atomic mass is 9.69. The predicted molar refractivity (Wildman–Crippen MR) is 63.2 cm³/mol. The van der Waals surface area contributed by atoms with Crippen LogP contribution in [0.25, 0.3) is 0 Å². The molecule has 4 nitrogen and oxygen atoms in total. The summed E-state index contributed by atoms with van der Waals surface area (Å²) < 4.78 is 1.85. The molecule has 90 valence electrons. The van der Waals surface area contributed by atoms with Gasteiger partial charge in [0.1, 0.15) is 0 Å². The van der Waals surface area contributed by atoms with E-state index in [4.69, 9.17) is 5.73 Å². The first-order chi connectivity index (χ1) is 7.57. The Bertz CT molecular complexity index is 364. The highest BCUT2D eigenvalue weighted by atomic mass is 16.3. The van der Waals surface area contributed by atoms with Crippen molar-refractivity contribution in [2.75, 3.05) is 6.54 Å². The molecule has 16 heavy (non-hydrogen) atoms. The summed E-state index contributed by atoms with van der Waals surface area (Å²) in [4.78, 5) is 0. The molecule has 0 saturated heterocycles. The standard InChI is InChI=1S/C12H21N3O/c1-9-11(7-15(2)14-9)12(8-13)5-3-10(16)4-6-12/h7,10,16H,3-6,8,13H2,1-2H3. The Hall–Kier alpha value is -0.870. The molecule has 1 aromatic rings. The van der Waals surface area contributed by atoms with Gasteiger partial charge in [0.15, 0.2) is 0 Å². The van der Waals surface area contributed by atoms with E-state index in [1.54, 1.807) is 0 Å². The number of aliphatic hydroxyl groups excluding tert-OH is 1. The van der Waals surface area contributed by atoms with E-state index >= 15 is 0 Å². The molecular weight excluding hydrogens is 202 g/mol.